The predicted octanol–water partition coefficient (Wildman–Crippen LogP) is 1.88. The van der Waals surface area contributed by atoms with Crippen LogP contribution in [0, 0.1) is 32.1 Å². The predicted molar refractivity (Wildman–Crippen MR) is 59.3 cm³/mol. The van der Waals surface area contributed by atoms with E-state index in [2.05, 4.69) is 5.32 Å². The molecular weight excluding hydrogens is 204 g/mol. The lowest BCUT2D eigenvalue weighted by Crippen LogP contribution is -2.10. The van der Waals surface area contributed by atoms with Crippen LogP contribution in [0.3, 0.4) is 0 Å². The summed E-state index contributed by atoms with van der Waals surface area (Å²) < 4.78 is 0. The Morgan fingerprint density at radius 2 is 1.88 bits per heavy atom. The number of fused-ring (bicyclic) bond motifs is 1. The van der Waals surface area contributed by atoms with Crippen molar-refractivity contribution in [2.45, 2.75) is 26.7 Å². The summed E-state index contributed by atoms with van der Waals surface area (Å²) in [6.45, 7) is 5.35. The topological polar surface area (TPSA) is 73.1 Å². The highest BCUT2D eigenvalue weighted by Gasteiger charge is 2.35. The van der Waals surface area contributed by atoms with Crippen LogP contribution in [0.2, 0.25) is 0 Å². The van der Waals surface area contributed by atoms with Gasteiger partial charge in [-0.05, 0) is 37.5 Å². The fraction of sp³-hybridized carbons (Fsp3) is 0.333. The molecule has 2 rings (SSSR count). The van der Waals surface area contributed by atoms with Gasteiger partial charge in [0.05, 0.1) is 6.07 Å². The minimum Gasteiger partial charge on any atom is -0.507 e. The number of hydrogen-bond donors (Lipinski definition) is 2. The number of carbonyl (C=O) groups is 1. The summed E-state index contributed by atoms with van der Waals surface area (Å²) in [6, 6.07) is 1.96. The average Bonchev–Trinajstić information content (AvgIpc) is 2.60. The van der Waals surface area contributed by atoms with Crippen LogP contribution < -0.4 is 5.32 Å². The molecule has 1 aliphatic heterocycles. The number of phenols is 1. The van der Waals surface area contributed by atoms with Gasteiger partial charge in [-0.1, -0.05) is 0 Å². The molecule has 1 aliphatic rings. The summed E-state index contributed by atoms with van der Waals surface area (Å²) in [6.07, 6.45) is 0. The number of nitrogens with zero attached hydrogens (tertiary/aromatic N) is 1. The van der Waals surface area contributed by atoms with Crippen LogP contribution in [0.1, 0.15) is 28.2 Å². The molecule has 1 atom stereocenters. The summed E-state index contributed by atoms with van der Waals surface area (Å²) in [5.41, 5.74) is 3.49. The summed E-state index contributed by atoms with van der Waals surface area (Å²) in [4.78, 5) is 11.6. The van der Waals surface area contributed by atoms with E-state index >= 15 is 0 Å². The number of rotatable bonds is 0. The van der Waals surface area contributed by atoms with Gasteiger partial charge in [-0.15, -0.1) is 0 Å². The van der Waals surface area contributed by atoms with E-state index in [1.807, 2.05) is 13.0 Å². The van der Waals surface area contributed by atoms with E-state index in [9.17, 15) is 9.90 Å². The second kappa shape index (κ2) is 3.24. The molecule has 0 saturated heterocycles. The Morgan fingerprint density at radius 3 is 2.44 bits per heavy atom. The van der Waals surface area contributed by atoms with E-state index in [1.54, 1.807) is 13.8 Å². The maximum Gasteiger partial charge on any atom is 0.246 e. The maximum absolute atomic E-state index is 11.6. The lowest BCUT2D eigenvalue weighted by atomic mass is 9.91. The summed E-state index contributed by atoms with van der Waals surface area (Å²) in [5.74, 6) is -0.943. The van der Waals surface area contributed by atoms with Crippen molar-refractivity contribution in [2.75, 3.05) is 5.32 Å². The number of nitriles is 1. The zero-order chi connectivity index (χ0) is 12.0. The zero-order valence-corrected chi connectivity index (χ0v) is 9.38. The van der Waals surface area contributed by atoms with E-state index in [1.165, 1.54) is 0 Å². The molecule has 0 fully saturated rings. The van der Waals surface area contributed by atoms with Crippen LogP contribution in [0.15, 0.2) is 0 Å². The van der Waals surface area contributed by atoms with Crippen LogP contribution in [-0.4, -0.2) is 11.0 Å². The number of hydrogen-bond acceptors (Lipinski definition) is 3. The number of carbonyl (C=O) groups excluding carboxylic acids is 1. The molecule has 1 aromatic carbocycles. The van der Waals surface area contributed by atoms with Crippen molar-refractivity contribution in [2.24, 2.45) is 0 Å². The lowest BCUT2D eigenvalue weighted by Gasteiger charge is -2.13. The van der Waals surface area contributed by atoms with E-state index in [4.69, 9.17) is 5.26 Å². The third-order valence-electron chi connectivity index (χ3n) is 3.25. The minimum absolute atomic E-state index is 0.174. The molecule has 0 spiro atoms. The molecule has 16 heavy (non-hydrogen) atoms. The first-order chi connectivity index (χ1) is 7.49. The normalized spacial score (nSPS) is 17.9. The lowest BCUT2D eigenvalue weighted by molar-refractivity contribution is -0.115. The summed E-state index contributed by atoms with van der Waals surface area (Å²) in [7, 11) is 0. The van der Waals surface area contributed by atoms with Crippen molar-refractivity contribution in [3.05, 3.63) is 22.3 Å². The van der Waals surface area contributed by atoms with Crippen LogP contribution in [0.5, 0.6) is 5.75 Å². The van der Waals surface area contributed by atoms with Crippen molar-refractivity contribution >= 4 is 11.6 Å². The molecule has 1 aromatic rings. The fourth-order valence-corrected chi connectivity index (χ4v) is 2.13. The Balaban J connectivity index is 2.82. The Kier molecular flexibility index (Phi) is 2.13. The highest BCUT2D eigenvalue weighted by molar-refractivity contribution is 6.06. The Labute approximate surface area is 93.5 Å². The van der Waals surface area contributed by atoms with Gasteiger partial charge < -0.3 is 10.4 Å². The fourth-order valence-electron chi connectivity index (χ4n) is 2.13. The summed E-state index contributed by atoms with van der Waals surface area (Å²) in [5, 5.41) is 21.6. The van der Waals surface area contributed by atoms with Crippen molar-refractivity contribution in [1.82, 2.24) is 0 Å². The SMILES string of the molecule is Cc1c(C)c2c(c(C)c1O)C(C#N)C(=O)N2. The van der Waals surface area contributed by atoms with Crippen molar-refractivity contribution in [3.63, 3.8) is 0 Å². The molecule has 4 nitrogen and oxygen atoms in total. The zero-order valence-electron chi connectivity index (χ0n) is 9.38. The average molecular weight is 216 g/mol. The third kappa shape index (κ3) is 1.12. The number of benzene rings is 1. The quantitative estimate of drug-likeness (QED) is 0.650. The molecule has 0 aliphatic carbocycles. The van der Waals surface area contributed by atoms with Gasteiger partial charge in [0.1, 0.15) is 5.75 Å². The third-order valence-corrected chi connectivity index (χ3v) is 3.25. The number of amides is 1. The van der Waals surface area contributed by atoms with Gasteiger partial charge in [0.15, 0.2) is 5.92 Å². The molecule has 1 amide bonds. The molecule has 0 bridgehead atoms. The van der Waals surface area contributed by atoms with Gasteiger partial charge >= 0.3 is 0 Å². The highest BCUT2D eigenvalue weighted by atomic mass is 16.3. The molecular formula is C12H12N2O2. The van der Waals surface area contributed by atoms with Gasteiger partial charge in [0, 0.05) is 11.3 Å². The van der Waals surface area contributed by atoms with Gasteiger partial charge in [0.2, 0.25) is 5.91 Å². The first kappa shape index (κ1) is 10.5. The van der Waals surface area contributed by atoms with Crippen LogP contribution >= 0.6 is 0 Å². The standard InChI is InChI=1S/C12H12N2O2/c1-5-6(2)11(15)7(3)9-8(4-13)12(16)14-10(5)9/h8,15H,1-3H3,(H,14,16). The van der Waals surface area contributed by atoms with Gasteiger partial charge in [-0.25, -0.2) is 0 Å². The first-order valence-corrected chi connectivity index (χ1v) is 5.02. The van der Waals surface area contributed by atoms with Gasteiger partial charge in [0.25, 0.3) is 0 Å². The minimum atomic E-state index is -0.805. The Hall–Kier alpha value is -2.02. The van der Waals surface area contributed by atoms with Gasteiger partial charge in [-0.3, -0.25) is 4.79 Å². The molecule has 0 saturated carbocycles. The second-order valence-corrected chi connectivity index (χ2v) is 4.06. The number of phenolic OH excluding ortho intramolecular Hbond substituents is 1. The van der Waals surface area contributed by atoms with E-state index in [-0.39, 0.29) is 11.7 Å². The Bertz CT molecular complexity index is 541. The van der Waals surface area contributed by atoms with Crippen molar-refractivity contribution in [1.29, 1.82) is 5.26 Å². The largest absolute Gasteiger partial charge is 0.507 e. The number of aromatic hydroxyl groups is 1. The highest BCUT2D eigenvalue weighted by Crippen LogP contribution is 2.43. The molecule has 4 heteroatoms. The van der Waals surface area contributed by atoms with E-state index in [0.29, 0.717) is 16.8 Å². The number of nitrogens with one attached hydrogen (secondary N) is 1. The maximum atomic E-state index is 11.6. The van der Waals surface area contributed by atoms with E-state index in [0.717, 1.165) is 11.1 Å². The molecule has 0 radical (unpaired) electrons. The molecule has 1 heterocycles. The van der Waals surface area contributed by atoms with Crippen molar-refractivity contribution in [3.8, 4) is 11.8 Å². The molecule has 2 N–H and O–H groups in total. The van der Waals surface area contributed by atoms with E-state index < -0.39 is 5.92 Å². The molecule has 1 unspecified atom stereocenters. The van der Waals surface area contributed by atoms with Crippen LogP contribution in [0.4, 0.5) is 5.69 Å². The number of anilines is 1. The first-order valence-electron chi connectivity index (χ1n) is 5.02. The van der Waals surface area contributed by atoms with Gasteiger partial charge in [-0.2, -0.15) is 5.26 Å². The smallest absolute Gasteiger partial charge is 0.246 e. The Morgan fingerprint density at radius 1 is 1.25 bits per heavy atom. The van der Waals surface area contributed by atoms with Crippen LogP contribution in [0.25, 0.3) is 0 Å². The second-order valence-electron chi connectivity index (χ2n) is 4.06. The van der Waals surface area contributed by atoms with Crippen LogP contribution in [-0.2, 0) is 4.79 Å². The van der Waals surface area contributed by atoms with Crippen molar-refractivity contribution < 1.29 is 9.90 Å². The monoisotopic (exact) mass is 216 g/mol. The molecule has 0 aromatic heterocycles. The summed E-state index contributed by atoms with van der Waals surface area (Å²) >= 11 is 0. The molecule has 82 valence electrons.